The minimum atomic E-state index is 0.316. The van der Waals surface area contributed by atoms with Crippen LogP contribution >= 0.6 is 11.5 Å². The van der Waals surface area contributed by atoms with Crippen molar-refractivity contribution in [3.8, 4) is 0 Å². The number of benzene rings is 1. The summed E-state index contributed by atoms with van der Waals surface area (Å²) in [5, 5.41) is 9.81. The summed E-state index contributed by atoms with van der Waals surface area (Å²) in [5.74, 6) is 2.86. The molecule has 3 aromatic rings. The minimum absolute atomic E-state index is 0.316. The molecule has 0 aliphatic carbocycles. The summed E-state index contributed by atoms with van der Waals surface area (Å²) in [6.07, 6.45) is 0.816. The van der Waals surface area contributed by atoms with E-state index in [2.05, 4.69) is 60.2 Å². The van der Waals surface area contributed by atoms with Gasteiger partial charge >= 0.3 is 0 Å². The van der Waals surface area contributed by atoms with Crippen molar-refractivity contribution in [2.75, 3.05) is 11.4 Å². The molecule has 23 heavy (non-hydrogen) atoms. The second-order valence-corrected chi connectivity index (χ2v) is 6.65. The molecule has 2 aromatic heterocycles. The van der Waals surface area contributed by atoms with Gasteiger partial charge in [0.2, 0.25) is 5.13 Å². The zero-order chi connectivity index (χ0) is 15.8. The first-order valence-corrected chi connectivity index (χ1v) is 8.50. The second-order valence-electron chi connectivity index (χ2n) is 5.92. The van der Waals surface area contributed by atoms with Crippen LogP contribution in [-0.4, -0.2) is 30.7 Å². The van der Waals surface area contributed by atoms with Crippen LogP contribution in [0.25, 0.3) is 0 Å². The van der Waals surface area contributed by atoms with Gasteiger partial charge in [-0.2, -0.15) is 4.37 Å². The number of aryl methyl sites for hydroxylation is 1. The SMILES string of the molecule is Cc1nsc(N2Cc3nnc(Cc4ccccc4)n3[C@@H](C)C2)n1. The topological polar surface area (TPSA) is 59.7 Å². The number of hydrogen-bond acceptors (Lipinski definition) is 6. The van der Waals surface area contributed by atoms with Crippen molar-refractivity contribution in [1.82, 2.24) is 24.1 Å². The third-order valence-electron chi connectivity index (χ3n) is 4.09. The van der Waals surface area contributed by atoms with Gasteiger partial charge in [-0.15, -0.1) is 10.2 Å². The molecular weight excluding hydrogens is 308 g/mol. The molecule has 0 saturated heterocycles. The molecule has 0 fully saturated rings. The first-order valence-electron chi connectivity index (χ1n) is 7.72. The number of hydrogen-bond donors (Lipinski definition) is 0. The Bertz CT molecular complexity index is 809. The Kier molecular flexibility index (Phi) is 3.57. The lowest BCUT2D eigenvalue weighted by Gasteiger charge is -2.32. The summed E-state index contributed by atoms with van der Waals surface area (Å²) in [6, 6.07) is 10.7. The Labute approximate surface area is 139 Å². The van der Waals surface area contributed by atoms with Gasteiger partial charge < -0.3 is 9.47 Å². The molecule has 0 amide bonds. The van der Waals surface area contributed by atoms with E-state index >= 15 is 0 Å². The summed E-state index contributed by atoms with van der Waals surface area (Å²) in [5.41, 5.74) is 1.26. The lowest BCUT2D eigenvalue weighted by Crippen LogP contribution is -2.37. The molecule has 0 N–H and O–H groups in total. The van der Waals surface area contributed by atoms with Crippen LogP contribution < -0.4 is 4.90 Å². The minimum Gasteiger partial charge on any atom is -0.337 e. The highest BCUT2D eigenvalue weighted by Gasteiger charge is 2.28. The van der Waals surface area contributed by atoms with E-state index < -0.39 is 0 Å². The van der Waals surface area contributed by atoms with E-state index in [-0.39, 0.29) is 0 Å². The zero-order valence-electron chi connectivity index (χ0n) is 13.2. The molecule has 3 heterocycles. The lowest BCUT2D eigenvalue weighted by atomic mass is 10.1. The van der Waals surface area contributed by atoms with E-state index in [1.807, 2.05) is 13.0 Å². The van der Waals surface area contributed by atoms with Crippen LogP contribution in [0.15, 0.2) is 30.3 Å². The number of rotatable bonds is 3. The average Bonchev–Trinajstić information content (AvgIpc) is 3.15. The predicted octanol–water partition coefficient (Wildman–Crippen LogP) is 2.61. The van der Waals surface area contributed by atoms with Gasteiger partial charge in [0.25, 0.3) is 0 Å². The number of anilines is 1. The Balaban J connectivity index is 1.61. The van der Waals surface area contributed by atoms with Gasteiger partial charge in [0.15, 0.2) is 5.82 Å². The lowest BCUT2D eigenvalue weighted by molar-refractivity contribution is 0.451. The van der Waals surface area contributed by atoms with Crippen molar-refractivity contribution in [2.24, 2.45) is 0 Å². The highest BCUT2D eigenvalue weighted by atomic mass is 32.1. The maximum atomic E-state index is 4.49. The van der Waals surface area contributed by atoms with Crippen molar-refractivity contribution >= 4 is 16.7 Å². The third-order valence-corrected chi connectivity index (χ3v) is 4.96. The van der Waals surface area contributed by atoms with Crippen LogP contribution in [0.5, 0.6) is 0 Å². The van der Waals surface area contributed by atoms with Crippen LogP contribution in [0, 0.1) is 6.92 Å². The molecule has 1 aliphatic heterocycles. The van der Waals surface area contributed by atoms with Crippen molar-refractivity contribution in [3.63, 3.8) is 0 Å². The second kappa shape index (κ2) is 5.73. The Hall–Kier alpha value is -2.28. The molecule has 0 radical (unpaired) electrons. The molecule has 6 nitrogen and oxygen atoms in total. The number of aromatic nitrogens is 5. The highest BCUT2D eigenvalue weighted by Crippen LogP contribution is 2.28. The van der Waals surface area contributed by atoms with Crippen LogP contribution in [0.3, 0.4) is 0 Å². The summed E-state index contributed by atoms with van der Waals surface area (Å²) < 4.78 is 6.56. The number of fused-ring (bicyclic) bond motifs is 1. The predicted molar refractivity (Wildman–Crippen MR) is 89.7 cm³/mol. The van der Waals surface area contributed by atoms with Gasteiger partial charge in [0.1, 0.15) is 11.6 Å². The first kappa shape index (κ1) is 14.3. The number of nitrogens with zero attached hydrogens (tertiary/aromatic N) is 6. The molecule has 1 aliphatic rings. The largest absolute Gasteiger partial charge is 0.337 e. The molecule has 0 unspecified atom stereocenters. The monoisotopic (exact) mass is 326 g/mol. The summed E-state index contributed by atoms with van der Waals surface area (Å²) in [6.45, 7) is 5.78. The molecule has 0 saturated carbocycles. The van der Waals surface area contributed by atoms with E-state index in [1.165, 1.54) is 17.1 Å². The fourth-order valence-electron chi connectivity index (χ4n) is 3.07. The zero-order valence-corrected chi connectivity index (χ0v) is 14.0. The standard InChI is InChI=1S/C16H18N6S/c1-11-9-21(16-17-12(2)20-23-16)10-15-19-18-14(22(11)15)8-13-6-4-3-5-7-13/h3-7,11H,8-10H2,1-2H3/t11-/m0/s1. The molecular formula is C16H18N6S. The maximum absolute atomic E-state index is 4.49. The van der Waals surface area contributed by atoms with Crippen molar-refractivity contribution < 1.29 is 0 Å². The summed E-state index contributed by atoms with van der Waals surface area (Å²) in [7, 11) is 0. The third kappa shape index (κ3) is 2.72. The van der Waals surface area contributed by atoms with Crippen LogP contribution in [0.4, 0.5) is 5.13 Å². The molecule has 118 valence electrons. The van der Waals surface area contributed by atoms with Gasteiger partial charge in [0.05, 0.1) is 12.6 Å². The van der Waals surface area contributed by atoms with E-state index in [0.717, 1.165) is 42.1 Å². The van der Waals surface area contributed by atoms with Crippen LogP contribution in [0.2, 0.25) is 0 Å². The van der Waals surface area contributed by atoms with Gasteiger partial charge in [-0.3, -0.25) is 0 Å². The molecule has 1 atom stereocenters. The Morgan fingerprint density at radius 2 is 2.04 bits per heavy atom. The maximum Gasteiger partial charge on any atom is 0.205 e. The Morgan fingerprint density at radius 3 is 2.78 bits per heavy atom. The molecule has 4 rings (SSSR count). The summed E-state index contributed by atoms with van der Waals surface area (Å²) >= 11 is 1.45. The van der Waals surface area contributed by atoms with E-state index in [1.54, 1.807) is 0 Å². The van der Waals surface area contributed by atoms with Gasteiger partial charge in [-0.25, -0.2) is 4.98 Å². The first-order chi connectivity index (χ1) is 11.2. The highest BCUT2D eigenvalue weighted by molar-refractivity contribution is 7.09. The smallest absolute Gasteiger partial charge is 0.205 e. The van der Waals surface area contributed by atoms with Gasteiger partial charge in [0, 0.05) is 24.5 Å². The van der Waals surface area contributed by atoms with E-state index in [4.69, 9.17) is 0 Å². The van der Waals surface area contributed by atoms with Crippen molar-refractivity contribution in [2.45, 2.75) is 32.9 Å². The molecule has 0 bridgehead atoms. The molecule has 7 heteroatoms. The van der Waals surface area contributed by atoms with Gasteiger partial charge in [-0.05, 0) is 19.4 Å². The fraction of sp³-hybridized carbons (Fsp3) is 0.375. The normalized spacial score (nSPS) is 17.3. The van der Waals surface area contributed by atoms with Gasteiger partial charge in [-0.1, -0.05) is 30.3 Å². The molecule has 1 aromatic carbocycles. The quantitative estimate of drug-likeness (QED) is 0.740. The molecule has 0 spiro atoms. The van der Waals surface area contributed by atoms with Crippen LogP contribution in [-0.2, 0) is 13.0 Å². The van der Waals surface area contributed by atoms with Crippen LogP contribution in [0.1, 0.15) is 36.0 Å². The average molecular weight is 326 g/mol. The fourth-order valence-corrected chi connectivity index (χ4v) is 3.75. The van der Waals surface area contributed by atoms with Crippen molar-refractivity contribution in [3.05, 3.63) is 53.4 Å². The van der Waals surface area contributed by atoms with E-state index in [0.29, 0.717) is 6.04 Å². The van der Waals surface area contributed by atoms with E-state index in [9.17, 15) is 0 Å². The Morgan fingerprint density at radius 1 is 1.22 bits per heavy atom. The van der Waals surface area contributed by atoms with Crippen molar-refractivity contribution in [1.29, 1.82) is 0 Å². The summed E-state index contributed by atoms with van der Waals surface area (Å²) in [4.78, 5) is 6.73.